The number of imidazole rings is 1. The van der Waals surface area contributed by atoms with Crippen LogP contribution in [0.4, 0.5) is 4.79 Å². The smallest absolute Gasteiger partial charge is 0.410 e. The molecule has 27 heavy (non-hydrogen) atoms. The molecule has 0 aromatic carbocycles. The van der Waals surface area contributed by atoms with Crippen LogP contribution in [0.3, 0.4) is 0 Å². The Hall–Kier alpha value is -2.58. The molecule has 1 aromatic rings. The van der Waals surface area contributed by atoms with Crippen molar-refractivity contribution >= 4 is 18.0 Å². The standard InChI is InChI=1S/C18H26N4O5/c1-14(22-10-6-19-13-22)11-15(23)20-8-4-18(5-9-20)12-21(17(26)27-18)7-2-3-16(24)25/h6,10,13-14H,2-5,7-9,11-12H2,1H3,(H,24,25)/t14-/m0/s1. The third-order valence-corrected chi connectivity index (χ3v) is 5.39. The highest BCUT2D eigenvalue weighted by atomic mass is 16.6. The van der Waals surface area contributed by atoms with Crippen molar-refractivity contribution in [2.75, 3.05) is 26.2 Å². The quantitative estimate of drug-likeness (QED) is 0.771. The van der Waals surface area contributed by atoms with Crippen LogP contribution in [0.25, 0.3) is 0 Å². The summed E-state index contributed by atoms with van der Waals surface area (Å²) in [7, 11) is 0. The Morgan fingerprint density at radius 1 is 1.37 bits per heavy atom. The SMILES string of the molecule is C[C@@H](CC(=O)N1CCC2(CC1)CN(CCCC(=O)O)C(=O)O2)n1ccnc1. The molecule has 3 rings (SSSR count). The van der Waals surface area contributed by atoms with E-state index in [4.69, 9.17) is 9.84 Å². The van der Waals surface area contributed by atoms with Crippen LogP contribution >= 0.6 is 0 Å². The van der Waals surface area contributed by atoms with E-state index in [1.54, 1.807) is 17.4 Å². The molecule has 1 atom stereocenters. The third kappa shape index (κ3) is 4.58. The number of carboxylic acids is 1. The van der Waals surface area contributed by atoms with Gasteiger partial charge in [0, 0.05) is 63.8 Å². The summed E-state index contributed by atoms with van der Waals surface area (Å²) in [4.78, 5) is 42.7. The molecule has 2 fully saturated rings. The third-order valence-electron chi connectivity index (χ3n) is 5.39. The fraction of sp³-hybridized carbons (Fsp3) is 0.667. The first-order valence-electron chi connectivity index (χ1n) is 9.33. The van der Waals surface area contributed by atoms with Crippen LogP contribution in [-0.4, -0.2) is 74.2 Å². The molecule has 2 saturated heterocycles. The average Bonchev–Trinajstić information content (AvgIpc) is 3.24. The van der Waals surface area contributed by atoms with Crippen LogP contribution in [0, 0.1) is 0 Å². The normalized spacial score (nSPS) is 20.0. The molecule has 148 valence electrons. The number of ether oxygens (including phenoxy) is 1. The summed E-state index contributed by atoms with van der Waals surface area (Å²) in [6, 6.07) is 0.0462. The Morgan fingerprint density at radius 2 is 2.11 bits per heavy atom. The summed E-state index contributed by atoms with van der Waals surface area (Å²) < 4.78 is 7.53. The lowest BCUT2D eigenvalue weighted by molar-refractivity contribution is -0.137. The summed E-state index contributed by atoms with van der Waals surface area (Å²) in [6.45, 7) is 3.97. The van der Waals surface area contributed by atoms with Crippen molar-refractivity contribution in [2.24, 2.45) is 0 Å². The van der Waals surface area contributed by atoms with Crippen LogP contribution in [0.1, 0.15) is 45.1 Å². The number of hydrogen-bond acceptors (Lipinski definition) is 5. The van der Waals surface area contributed by atoms with Gasteiger partial charge in [-0.25, -0.2) is 9.78 Å². The lowest BCUT2D eigenvalue weighted by Crippen LogP contribution is -2.49. The fourth-order valence-electron chi connectivity index (χ4n) is 3.73. The van der Waals surface area contributed by atoms with Gasteiger partial charge in [0.15, 0.2) is 0 Å². The Balaban J connectivity index is 1.47. The van der Waals surface area contributed by atoms with Gasteiger partial charge in [0.2, 0.25) is 5.91 Å². The predicted molar refractivity (Wildman–Crippen MR) is 95.0 cm³/mol. The first-order valence-corrected chi connectivity index (χ1v) is 9.33. The Bertz CT molecular complexity index is 682. The van der Waals surface area contributed by atoms with E-state index in [9.17, 15) is 14.4 Å². The zero-order chi connectivity index (χ0) is 19.4. The summed E-state index contributed by atoms with van der Waals surface area (Å²) in [5, 5.41) is 8.72. The first-order chi connectivity index (χ1) is 12.9. The van der Waals surface area contributed by atoms with Gasteiger partial charge >= 0.3 is 12.1 Å². The zero-order valence-electron chi connectivity index (χ0n) is 15.5. The molecule has 2 aliphatic rings. The molecule has 0 radical (unpaired) electrons. The largest absolute Gasteiger partial charge is 0.481 e. The average molecular weight is 378 g/mol. The molecule has 0 saturated carbocycles. The van der Waals surface area contributed by atoms with Crippen LogP contribution in [0.5, 0.6) is 0 Å². The minimum Gasteiger partial charge on any atom is -0.481 e. The number of nitrogens with zero attached hydrogens (tertiary/aromatic N) is 4. The van der Waals surface area contributed by atoms with Gasteiger partial charge < -0.3 is 24.2 Å². The van der Waals surface area contributed by atoms with Crippen molar-refractivity contribution < 1.29 is 24.2 Å². The lowest BCUT2D eigenvalue weighted by atomic mass is 9.91. The van der Waals surface area contributed by atoms with Crippen LogP contribution in [-0.2, 0) is 14.3 Å². The molecule has 0 aliphatic carbocycles. The Labute approximate surface area is 157 Å². The van der Waals surface area contributed by atoms with E-state index in [1.165, 1.54) is 0 Å². The molecule has 0 bridgehead atoms. The second-order valence-electron chi connectivity index (χ2n) is 7.41. The maximum absolute atomic E-state index is 12.6. The van der Waals surface area contributed by atoms with Crippen molar-refractivity contribution in [3.63, 3.8) is 0 Å². The number of aliphatic carboxylic acids is 1. The van der Waals surface area contributed by atoms with Crippen molar-refractivity contribution in [2.45, 2.75) is 50.7 Å². The van der Waals surface area contributed by atoms with Crippen LogP contribution in [0.2, 0.25) is 0 Å². The highest BCUT2D eigenvalue weighted by molar-refractivity contribution is 5.77. The van der Waals surface area contributed by atoms with Gasteiger partial charge in [-0.1, -0.05) is 0 Å². The molecule has 1 aromatic heterocycles. The number of carbonyl (C=O) groups excluding carboxylic acids is 2. The van der Waals surface area contributed by atoms with E-state index in [2.05, 4.69) is 4.98 Å². The van der Waals surface area contributed by atoms with E-state index in [0.29, 0.717) is 51.9 Å². The molecule has 2 aliphatic heterocycles. The Kier molecular flexibility index (Phi) is 5.67. The minimum absolute atomic E-state index is 0.0359. The summed E-state index contributed by atoms with van der Waals surface area (Å²) >= 11 is 0. The van der Waals surface area contributed by atoms with Crippen molar-refractivity contribution in [1.82, 2.24) is 19.4 Å². The van der Waals surface area contributed by atoms with Gasteiger partial charge in [-0.15, -0.1) is 0 Å². The molecule has 9 nitrogen and oxygen atoms in total. The highest BCUT2D eigenvalue weighted by Gasteiger charge is 2.47. The molecule has 1 N–H and O–H groups in total. The van der Waals surface area contributed by atoms with Gasteiger partial charge in [-0.2, -0.15) is 0 Å². The maximum Gasteiger partial charge on any atom is 0.410 e. The lowest BCUT2D eigenvalue weighted by Gasteiger charge is -2.37. The minimum atomic E-state index is -0.867. The summed E-state index contributed by atoms with van der Waals surface area (Å²) in [5.41, 5.74) is -0.549. The van der Waals surface area contributed by atoms with E-state index < -0.39 is 11.6 Å². The molecule has 9 heteroatoms. The molecule has 1 spiro atoms. The fourth-order valence-corrected chi connectivity index (χ4v) is 3.73. The van der Waals surface area contributed by atoms with Gasteiger partial charge in [0.05, 0.1) is 12.9 Å². The number of likely N-dealkylation sites (tertiary alicyclic amines) is 1. The molecule has 2 amide bonds. The highest BCUT2D eigenvalue weighted by Crippen LogP contribution is 2.33. The van der Waals surface area contributed by atoms with Gasteiger partial charge in [-0.05, 0) is 13.3 Å². The van der Waals surface area contributed by atoms with E-state index in [-0.39, 0.29) is 24.5 Å². The monoisotopic (exact) mass is 378 g/mol. The van der Waals surface area contributed by atoms with Gasteiger partial charge in [0.1, 0.15) is 5.60 Å². The number of rotatable bonds is 7. The number of hydrogen-bond donors (Lipinski definition) is 1. The summed E-state index contributed by atoms with van der Waals surface area (Å²) in [6.07, 6.45) is 6.95. The Morgan fingerprint density at radius 3 is 2.74 bits per heavy atom. The second-order valence-corrected chi connectivity index (χ2v) is 7.41. The van der Waals surface area contributed by atoms with Crippen LogP contribution in [0.15, 0.2) is 18.7 Å². The number of carbonyl (C=O) groups is 3. The first kappa shape index (κ1) is 19.2. The summed E-state index contributed by atoms with van der Waals surface area (Å²) in [5.74, 6) is -0.775. The van der Waals surface area contributed by atoms with E-state index in [0.717, 1.165) is 0 Å². The molecule has 3 heterocycles. The topological polar surface area (TPSA) is 105 Å². The number of carboxylic acid groups (broad SMARTS) is 1. The van der Waals surface area contributed by atoms with Crippen molar-refractivity contribution in [3.05, 3.63) is 18.7 Å². The van der Waals surface area contributed by atoms with Crippen molar-refractivity contribution in [3.8, 4) is 0 Å². The maximum atomic E-state index is 12.6. The van der Waals surface area contributed by atoms with Crippen molar-refractivity contribution in [1.29, 1.82) is 0 Å². The number of aromatic nitrogens is 2. The van der Waals surface area contributed by atoms with E-state index >= 15 is 0 Å². The van der Waals surface area contributed by atoms with Crippen LogP contribution < -0.4 is 0 Å². The molecular weight excluding hydrogens is 352 g/mol. The number of piperidine rings is 1. The number of amides is 2. The zero-order valence-corrected chi connectivity index (χ0v) is 15.5. The predicted octanol–water partition coefficient (Wildman–Crippen LogP) is 1.51. The van der Waals surface area contributed by atoms with Gasteiger partial charge in [0.25, 0.3) is 0 Å². The second kappa shape index (κ2) is 7.98. The van der Waals surface area contributed by atoms with E-state index in [1.807, 2.05) is 22.6 Å². The molecule has 0 unspecified atom stereocenters. The van der Waals surface area contributed by atoms with Gasteiger partial charge in [-0.3, -0.25) is 9.59 Å². The molecular formula is C18H26N4O5.